The van der Waals surface area contributed by atoms with Crippen molar-refractivity contribution in [1.82, 2.24) is 0 Å². The first-order valence-corrected chi connectivity index (χ1v) is 5.94. The first-order chi connectivity index (χ1) is 8.13. The lowest BCUT2D eigenvalue weighted by molar-refractivity contribution is 0.480. The van der Waals surface area contributed by atoms with Gasteiger partial charge in [-0.15, -0.1) is 0 Å². The lowest BCUT2D eigenvalue weighted by Gasteiger charge is -2.20. The highest BCUT2D eigenvalue weighted by atomic mass is 19.2. The number of halogens is 2. The molecule has 1 aromatic carbocycles. The van der Waals surface area contributed by atoms with E-state index in [-0.39, 0.29) is 0 Å². The van der Waals surface area contributed by atoms with Gasteiger partial charge in [-0.3, -0.25) is 0 Å². The molecule has 1 aliphatic rings. The fourth-order valence-corrected chi connectivity index (χ4v) is 2.14. The molecule has 17 heavy (non-hydrogen) atoms. The van der Waals surface area contributed by atoms with Crippen molar-refractivity contribution in [3.05, 3.63) is 58.6 Å². The molecule has 88 valence electrons. The smallest absolute Gasteiger partial charge is 0.158 e. The lowest BCUT2D eigenvalue weighted by atomic mass is 9.68. The molecule has 0 spiro atoms. The van der Waals surface area contributed by atoms with Gasteiger partial charge in [0.15, 0.2) is 7.28 Å². The largest absolute Gasteiger partial charge is 0.208 e. The summed E-state index contributed by atoms with van der Waals surface area (Å²) in [7, 11) is 0.542. The van der Waals surface area contributed by atoms with Crippen molar-refractivity contribution in [2.24, 2.45) is 0 Å². The molecule has 0 saturated carbocycles. The van der Waals surface area contributed by atoms with Crippen molar-refractivity contribution < 1.29 is 8.78 Å². The van der Waals surface area contributed by atoms with Crippen molar-refractivity contribution in [3.63, 3.8) is 0 Å². The van der Waals surface area contributed by atoms with Crippen molar-refractivity contribution in [3.8, 4) is 0 Å². The minimum Gasteiger partial charge on any atom is -0.208 e. The molecule has 0 aliphatic heterocycles. The minimum atomic E-state index is -0.663. The van der Waals surface area contributed by atoms with Crippen molar-refractivity contribution in [2.45, 2.75) is 26.1 Å². The highest BCUT2D eigenvalue weighted by Crippen LogP contribution is 2.38. The Hall–Kier alpha value is -1.38. The molecule has 1 aromatic rings. The van der Waals surface area contributed by atoms with Crippen LogP contribution >= 0.6 is 0 Å². The molecule has 1 aliphatic carbocycles. The van der Waals surface area contributed by atoms with E-state index in [0.29, 0.717) is 19.2 Å². The van der Waals surface area contributed by atoms with Crippen LogP contribution < -0.4 is 0 Å². The normalized spacial score (nSPS) is 20.2. The second kappa shape index (κ2) is 4.86. The summed E-state index contributed by atoms with van der Waals surface area (Å²) in [5.41, 5.74) is 2.46. The first kappa shape index (κ1) is 12.1. The van der Waals surface area contributed by atoms with Gasteiger partial charge in [-0.2, -0.15) is 0 Å². The maximum atomic E-state index is 13.9. The molecule has 0 fully saturated rings. The zero-order valence-corrected chi connectivity index (χ0v) is 10.1. The van der Waals surface area contributed by atoms with Crippen LogP contribution in [0.1, 0.15) is 23.5 Å². The van der Waals surface area contributed by atoms with Crippen LogP contribution in [0.15, 0.2) is 47.5 Å². The summed E-state index contributed by atoms with van der Waals surface area (Å²) in [6.45, 7) is 3.82. The third-order valence-electron chi connectivity index (χ3n) is 3.26. The summed E-state index contributed by atoms with van der Waals surface area (Å²) in [6.07, 6.45) is 2.36. The highest BCUT2D eigenvalue weighted by Gasteiger charge is 2.25. The van der Waals surface area contributed by atoms with Gasteiger partial charge in [0.2, 0.25) is 0 Å². The van der Waals surface area contributed by atoms with Gasteiger partial charge in [0.1, 0.15) is 11.7 Å². The topological polar surface area (TPSA) is 0 Å². The number of hydrogen-bond donors (Lipinski definition) is 0. The van der Waals surface area contributed by atoms with Crippen LogP contribution in [0.2, 0.25) is 6.82 Å². The maximum absolute atomic E-state index is 13.9. The van der Waals surface area contributed by atoms with E-state index >= 15 is 0 Å². The van der Waals surface area contributed by atoms with E-state index in [1.165, 1.54) is 0 Å². The standard InChI is InChI=1S/C14H15BF2/c1-9-3-5-10(6-4-9)11-7-8-12(15-2)14(17)13(11)16/h3-6,8,11,15H,7H2,1-2H3. The number of benzene rings is 1. The summed E-state index contributed by atoms with van der Waals surface area (Å²) >= 11 is 0. The van der Waals surface area contributed by atoms with Crippen molar-refractivity contribution >= 4 is 7.28 Å². The molecule has 3 heteroatoms. The molecular weight excluding hydrogens is 217 g/mol. The van der Waals surface area contributed by atoms with Gasteiger partial charge >= 0.3 is 0 Å². The average Bonchev–Trinajstić information content (AvgIpc) is 2.34. The Labute approximate surface area is 101 Å². The van der Waals surface area contributed by atoms with E-state index in [4.69, 9.17) is 0 Å². The summed E-state index contributed by atoms with van der Waals surface area (Å²) in [4.78, 5) is 0. The highest BCUT2D eigenvalue weighted by molar-refractivity contribution is 6.45. The van der Waals surface area contributed by atoms with Crippen LogP contribution in [0, 0.1) is 6.92 Å². The molecule has 0 N–H and O–H groups in total. The van der Waals surface area contributed by atoms with E-state index in [1.54, 1.807) is 0 Å². The van der Waals surface area contributed by atoms with Crippen LogP contribution in [0.4, 0.5) is 8.78 Å². The zero-order chi connectivity index (χ0) is 12.4. The van der Waals surface area contributed by atoms with E-state index in [9.17, 15) is 8.78 Å². The number of rotatable bonds is 2. The summed E-state index contributed by atoms with van der Waals surface area (Å²) in [6, 6.07) is 7.61. The van der Waals surface area contributed by atoms with Gasteiger partial charge in [-0.25, -0.2) is 8.78 Å². The number of hydrogen-bond acceptors (Lipinski definition) is 0. The van der Waals surface area contributed by atoms with E-state index in [0.717, 1.165) is 11.1 Å². The van der Waals surface area contributed by atoms with E-state index in [1.807, 2.05) is 44.1 Å². The molecule has 1 atom stereocenters. The fourth-order valence-electron chi connectivity index (χ4n) is 2.14. The summed E-state index contributed by atoms with van der Waals surface area (Å²) in [5, 5.41) is 0. The Morgan fingerprint density at radius 1 is 1.18 bits per heavy atom. The molecule has 0 heterocycles. The van der Waals surface area contributed by atoms with E-state index < -0.39 is 17.6 Å². The van der Waals surface area contributed by atoms with Gasteiger partial charge < -0.3 is 0 Å². The molecule has 0 bridgehead atoms. The fraction of sp³-hybridized carbons (Fsp3) is 0.286. The Balaban J connectivity index is 2.32. The number of allylic oxidation sites excluding steroid dienone is 4. The SMILES string of the molecule is CBC1=CCC(c2ccc(C)cc2)C(F)=C1F. The molecule has 0 amide bonds. The minimum absolute atomic E-state index is 0.453. The molecule has 0 aromatic heterocycles. The zero-order valence-electron chi connectivity index (χ0n) is 10.1. The monoisotopic (exact) mass is 232 g/mol. The number of aryl methyl sites for hydroxylation is 1. The summed E-state index contributed by atoms with van der Waals surface area (Å²) < 4.78 is 27.6. The maximum Gasteiger partial charge on any atom is 0.158 e. The Bertz CT molecular complexity index is 472. The van der Waals surface area contributed by atoms with Gasteiger partial charge in [0.25, 0.3) is 0 Å². The molecule has 0 radical (unpaired) electrons. The Morgan fingerprint density at radius 2 is 1.82 bits per heavy atom. The van der Waals surface area contributed by atoms with Gasteiger partial charge in [0.05, 0.1) is 0 Å². The summed E-state index contributed by atoms with van der Waals surface area (Å²) in [5.74, 6) is -1.73. The van der Waals surface area contributed by atoms with Gasteiger partial charge in [-0.1, -0.05) is 48.2 Å². The molecule has 0 saturated heterocycles. The second-order valence-corrected chi connectivity index (χ2v) is 4.44. The third-order valence-corrected chi connectivity index (χ3v) is 3.26. The first-order valence-electron chi connectivity index (χ1n) is 5.94. The predicted molar refractivity (Wildman–Crippen MR) is 68.9 cm³/mol. The van der Waals surface area contributed by atoms with Crippen LogP contribution in [0.25, 0.3) is 0 Å². The lowest BCUT2D eigenvalue weighted by Crippen LogP contribution is -2.08. The van der Waals surface area contributed by atoms with Crippen LogP contribution in [-0.4, -0.2) is 7.28 Å². The van der Waals surface area contributed by atoms with Gasteiger partial charge in [-0.05, 0) is 18.9 Å². The molecule has 2 rings (SSSR count). The second-order valence-electron chi connectivity index (χ2n) is 4.44. The van der Waals surface area contributed by atoms with Crippen molar-refractivity contribution in [1.29, 1.82) is 0 Å². The average molecular weight is 232 g/mol. The Kier molecular flexibility index (Phi) is 3.46. The van der Waals surface area contributed by atoms with E-state index in [2.05, 4.69) is 0 Å². The molecule has 1 unspecified atom stereocenters. The predicted octanol–water partition coefficient (Wildman–Crippen LogP) is 4.00. The molecular formula is C14H15BF2. The van der Waals surface area contributed by atoms with Crippen molar-refractivity contribution in [2.75, 3.05) is 0 Å². The van der Waals surface area contributed by atoms with Crippen LogP contribution in [0.5, 0.6) is 0 Å². The quantitative estimate of drug-likeness (QED) is 0.676. The van der Waals surface area contributed by atoms with Crippen LogP contribution in [-0.2, 0) is 0 Å². The Morgan fingerprint density at radius 3 is 2.41 bits per heavy atom. The third kappa shape index (κ3) is 2.33. The van der Waals surface area contributed by atoms with Crippen LogP contribution in [0.3, 0.4) is 0 Å². The molecule has 0 nitrogen and oxygen atoms in total. The van der Waals surface area contributed by atoms with Gasteiger partial charge in [0, 0.05) is 5.92 Å².